The van der Waals surface area contributed by atoms with Crippen molar-refractivity contribution in [3.63, 3.8) is 0 Å². The van der Waals surface area contributed by atoms with E-state index in [4.69, 9.17) is 32.4 Å². The fourth-order valence-corrected chi connectivity index (χ4v) is 3.57. The second-order valence-corrected chi connectivity index (χ2v) is 7.53. The van der Waals surface area contributed by atoms with E-state index in [2.05, 4.69) is 5.32 Å². The van der Waals surface area contributed by atoms with Gasteiger partial charge >= 0.3 is 0 Å². The van der Waals surface area contributed by atoms with Crippen LogP contribution in [0.5, 0.6) is 0 Å². The molecule has 13 nitrogen and oxygen atoms in total. The molecule has 1 heterocycles. The standard InChI is InChI=1S/C16H33N5O8/c17-2-1-7(22)15(27)21-6-3-5(19)14(13(26)10(6)23)29-16-9(20)12(25)11(24)8(4-18)28-16/h5-14,16,22-26H,1-4,17-20H2,(H,21,27)/t5?,6-,7+,8-,9-,10?,11?,12?,13?,14-,16?/m1/s1. The van der Waals surface area contributed by atoms with E-state index in [1.165, 1.54) is 0 Å². The molecule has 0 bridgehead atoms. The molecular weight excluding hydrogens is 390 g/mol. The number of hydrogen-bond acceptors (Lipinski definition) is 12. The molecule has 1 saturated carbocycles. The lowest BCUT2D eigenvalue weighted by Crippen LogP contribution is -2.68. The van der Waals surface area contributed by atoms with Crippen molar-refractivity contribution in [2.45, 2.75) is 80.0 Å². The molecule has 170 valence electrons. The van der Waals surface area contributed by atoms with Gasteiger partial charge in [0.25, 0.3) is 0 Å². The summed E-state index contributed by atoms with van der Waals surface area (Å²) in [6, 6.07) is -2.92. The summed E-state index contributed by atoms with van der Waals surface area (Å²) in [6.07, 6.45) is -10.2. The number of amides is 1. The number of hydrogen-bond donors (Lipinski definition) is 10. The van der Waals surface area contributed by atoms with Crippen LogP contribution in [-0.2, 0) is 14.3 Å². The van der Waals surface area contributed by atoms with Crippen LogP contribution in [0.1, 0.15) is 12.8 Å². The third-order valence-corrected chi connectivity index (χ3v) is 5.39. The molecule has 2 aliphatic rings. The molecule has 2 fully saturated rings. The summed E-state index contributed by atoms with van der Waals surface area (Å²) in [4.78, 5) is 12.0. The van der Waals surface area contributed by atoms with E-state index < -0.39 is 73.1 Å². The van der Waals surface area contributed by atoms with Gasteiger partial charge in [-0.05, 0) is 19.4 Å². The second kappa shape index (κ2) is 10.4. The first-order valence-electron chi connectivity index (χ1n) is 9.55. The highest BCUT2D eigenvalue weighted by Gasteiger charge is 2.48. The molecular formula is C16H33N5O8. The maximum absolute atomic E-state index is 12.0. The molecule has 1 amide bonds. The lowest BCUT2D eigenvalue weighted by atomic mass is 9.84. The lowest BCUT2D eigenvalue weighted by Gasteiger charge is -2.46. The van der Waals surface area contributed by atoms with Gasteiger partial charge < -0.3 is 63.3 Å². The van der Waals surface area contributed by atoms with E-state index in [0.29, 0.717) is 0 Å². The van der Waals surface area contributed by atoms with Crippen molar-refractivity contribution in [2.24, 2.45) is 22.9 Å². The molecule has 1 aliphatic heterocycles. The summed E-state index contributed by atoms with van der Waals surface area (Å²) in [5.74, 6) is -0.737. The van der Waals surface area contributed by atoms with Crippen molar-refractivity contribution >= 4 is 5.91 Å². The summed E-state index contributed by atoms with van der Waals surface area (Å²) >= 11 is 0. The van der Waals surface area contributed by atoms with E-state index in [0.717, 1.165) is 0 Å². The van der Waals surface area contributed by atoms with E-state index >= 15 is 0 Å². The fourth-order valence-electron chi connectivity index (χ4n) is 3.57. The summed E-state index contributed by atoms with van der Waals surface area (Å²) < 4.78 is 11.1. The Morgan fingerprint density at radius 3 is 2.34 bits per heavy atom. The zero-order valence-electron chi connectivity index (χ0n) is 15.9. The van der Waals surface area contributed by atoms with Crippen LogP contribution in [0, 0.1) is 0 Å². The van der Waals surface area contributed by atoms with E-state index in [1.807, 2.05) is 0 Å². The molecule has 6 unspecified atom stereocenters. The molecule has 2 rings (SSSR count). The average Bonchev–Trinajstić information content (AvgIpc) is 2.69. The van der Waals surface area contributed by atoms with Gasteiger partial charge in [-0.1, -0.05) is 0 Å². The number of carbonyl (C=O) groups excluding carboxylic acids is 1. The average molecular weight is 423 g/mol. The van der Waals surface area contributed by atoms with Crippen LogP contribution in [0.15, 0.2) is 0 Å². The second-order valence-electron chi connectivity index (χ2n) is 7.53. The van der Waals surface area contributed by atoms with Crippen LogP contribution >= 0.6 is 0 Å². The van der Waals surface area contributed by atoms with Gasteiger partial charge in [0.2, 0.25) is 5.91 Å². The Bertz CT molecular complexity index is 543. The van der Waals surface area contributed by atoms with Gasteiger partial charge in [-0.3, -0.25) is 4.79 Å². The van der Waals surface area contributed by atoms with Gasteiger partial charge in [-0.25, -0.2) is 0 Å². The lowest BCUT2D eigenvalue weighted by molar-refractivity contribution is -0.288. The van der Waals surface area contributed by atoms with Crippen LogP contribution in [0.4, 0.5) is 0 Å². The molecule has 13 heteroatoms. The zero-order valence-corrected chi connectivity index (χ0v) is 15.9. The number of ether oxygens (including phenoxy) is 2. The van der Waals surface area contributed by atoms with Crippen LogP contribution in [0.2, 0.25) is 0 Å². The van der Waals surface area contributed by atoms with E-state index in [9.17, 15) is 30.3 Å². The van der Waals surface area contributed by atoms with Crippen molar-refractivity contribution < 1.29 is 39.8 Å². The number of nitrogens with one attached hydrogen (secondary N) is 1. The molecule has 0 radical (unpaired) electrons. The van der Waals surface area contributed by atoms with E-state index in [1.54, 1.807) is 0 Å². The Hall–Kier alpha value is -0.970. The SMILES string of the molecule is NCC[C@H](O)C(=O)N[C@@H]1CC(N)[C@@H](OC2O[C@H](CN)C(O)C(O)[C@H]2N)C(O)C1O. The fraction of sp³-hybridized carbons (Fsp3) is 0.938. The quantitative estimate of drug-likeness (QED) is 0.183. The third kappa shape index (κ3) is 5.39. The first kappa shape index (κ1) is 24.3. The van der Waals surface area contributed by atoms with Gasteiger partial charge in [-0.15, -0.1) is 0 Å². The van der Waals surface area contributed by atoms with Crippen LogP contribution < -0.4 is 28.3 Å². The molecule has 0 spiro atoms. The van der Waals surface area contributed by atoms with Crippen LogP contribution in [0.25, 0.3) is 0 Å². The smallest absolute Gasteiger partial charge is 0.249 e. The number of aliphatic hydroxyl groups is 5. The first-order valence-corrected chi connectivity index (χ1v) is 9.55. The van der Waals surface area contributed by atoms with Crippen molar-refractivity contribution in [3.05, 3.63) is 0 Å². The predicted molar refractivity (Wildman–Crippen MR) is 98.8 cm³/mol. The molecule has 1 aliphatic carbocycles. The van der Waals surface area contributed by atoms with Gasteiger partial charge in [0.05, 0.1) is 12.1 Å². The number of rotatable bonds is 7. The number of nitrogens with two attached hydrogens (primary N) is 4. The Morgan fingerprint density at radius 2 is 1.76 bits per heavy atom. The Balaban J connectivity index is 2.02. The largest absolute Gasteiger partial charge is 0.388 e. The highest BCUT2D eigenvalue weighted by Crippen LogP contribution is 2.27. The molecule has 0 aromatic heterocycles. The first-order chi connectivity index (χ1) is 13.6. The highest BCUT2D eigenvalue weighted by atomic mass is 16.7. The Labute approximate surface area is 167 Å². The van der Waals surface area contributed by atoms with Gasteiger partial charge in [0, 0.05) is 12.6 Å². The maximum atomic E-state index is 12.0. The third-order valence-electron chi connectivity index (χ3n) is 5.39. The van der Waals surface area contributed by atoms with Crippen molar-refractivity contribution in [1.29, 1.82) is 0 Å². The summed E-state index contributed by atoms with van der Waals surface area (Å²) in [5.41, 5.74) is 22.7. The van der Waals surface area contributed by atoms with Crippen LogP contribution in [-0.4, -0.2) is 112 Å². The Kier molecular flexibility index (Phi) is 8.69. The predicted octanol–water partition coefficient (Wildman–Crippen LogP) is -6.25. The molecule has 1 saturated heterocycles. The number of carbonyl (C=O) groups is 1. The minimum Gasteiger partial charge on any atom is -0.388 e. The highest BCUT2D eigenvalue weighted by molar-refractivity contribution is 5.80. The normalized spacial score (nSPS) is 44.3. The minimum atomic E-state index is -1.52. The van der Waals surface area contributed by atoms with Crippen LogP contribution in [0.3, 0.4) is 0 Å². The molecule has 14 N–H and O–H groups in total. The van der Waals surface area contributed by atoms with Gasteiger partial charge in [-0.2, -0.15) is 0 Å². The van der Waals surface area contributed by atoms with E-state index in [-0.39, 0.29) is 25.9 Å². The van der Waals surface area contributed by atoms with Gasteiger partial charge in [0.1, 0.15) is 42.7 Å². The van der Waals surface area contributed by atoms with Gasteiger partial charge in [0.15, 0.2) is 6.29 Å². The summed E-state index contributed by atoms with van der Waals surface area (Å²) in [5, 5.41) is 52.9. The zero-order chi connectivity index (χ0) is 21.9. The molecule has 0 aromatic carbocycles. The molecule has 0 aromatic rings. The maximum Gasteiger partial charge on any atom is 0.249 e. The Morgan fingerprint density at radius 1 is 1.10 bits per heavy atom. The summed E-state index contributed by atoms with van der Waals surface area (Å²) in [7, 11) is 0. The van der Waals surface area contributed by atoms with Crippen molar-refractivity contribution in [1.82, 2.24) is 5.32 Å². The topological polar surface area (TPSA) is 253 Å². The monoisotopic (exact) mass is 423 g/mol. The minimum absolute atomic E-state index is 0.0252. The number of aliphatic hydroxyl groups excluding tert-OH is 5. The van der Waals surface area contributed by atoms with Crippen molar-refractivity contribution in [3.8, 4) is 0 Å². The summed E-state index contributed by atoms with van der Waals surface area (Å²) in [6.45, 7) is -0.00220. The van der Waals surface area contributed by atoms with Crippen molar-refractivity contribution in [2.75, 3.05) is 13.1 Å². The molecule has 11 atom stereocenters. The molecule has 29 heavy (non-hydrogen) atoms.